The van der Waals surface area contributed by atoms with Crippen LogP contribution in [0.1, 0.15) is 134 Å². The normalized spacial score (nSPS) is 16.3. The van der Waals surface area contributed by atoms with E-state index in [2.05, 4.69) is 134 Å². The van der Waals surface area contributed by atoms with Crippen LogP contribution in [0.5, 0.6) is 5.75 Å². The highest BCUT2D eigenvalue weighted by atomic mass is 79.9. The van der Waals surface area contributed by atoms with Crippen LogP contribution in [0.15, 0.2) is 36.4 Å². The van der Waals surface area contributed by atoms with E-state index in [-0.39, 0.29) is 57.2 Å². The first-order chi connectivity index (χ1) is 23.6. The Labute approximate surface area is 338 Å². The maximum Gasteiger partial charge on any atom is 0.192 e. The monoisotopic (exact) mass is 844 g/mol. The van der Waals surface area contributed by atoms with Gasteiger partial charge in [0.15, 0.2) is 16.6 Å². The molecule has 0 heterocycles. The van der Waals surface area contributed by atoms with Crippen molar-refractivity contribution in [2.24, 2.45) is 11.8 Å². The molecule has 0 aliphatic rings. The van der Waals surface area contributed by atoms with Crippen molar-refractivity contribution < 1.29 is 35.3 Å². The quantitative estimate of drug-likeness (QED) is 0.0558. The predicted molar refractivity (Wildman–Crippen MR) is 235 cm³/mol. The molecule has 0 unspecified atom stereocenters. The van der Waals surface area contributed by atoms with Crippen LogP contribution in [-0.2, 0) is 20.2 Å². The Morgan fingerprint density at radius 3 is 1.62 bits per heavy atom. The van der Waals surface area contributed by atoms with Gasteiger partial charge in [-0.3, -0.25) is 0 Å². The molecule has 0 saturated heterocycles. The van der Waals surface area contributed by atoms with E-state index in [4.69, 9.17) is 18.3 Å². The summed E-state index contributed by atoms with van der Waals surface area (Å²) in [6, 6.07) is 8.34. The number of hydrogen-bond acceptors (Lipinski definition) is 4. The van der Waals surface area contributed by atoms with Crippen LogP contribution in [0, 0.1) is 11.8 Å². The molecule has 5 atom stereocenters. The molecule has 306 valence electrons. The first-order valence-electron chi connectivity index (χ1n) is 20.7. The van der Waals surface area contributed by atoms with Gasteiger partial charge in [0, 0.05) is 25.2 Å². The molecule has 0 aliphatic heterocycles. The van der Waals surface area contributed by atoms with Crippen molar-refractivity contribution in [2.45, 2.75) is 189 Å². The number of methoxy groups -OCH3 is 1. The summed E-state index contributed by atoms with van der Waals surface area (Å²) in [6.45, 7) is 38.3. The molecule has 0 aromatic heterocycles. The van der Waals surface area contributed by atoms with Gasteiger partial charge in [-0.2, -0.15) is 0 Å². The number of allylic oxidation sites excluding steroid dienone is 1. The molecule has 0 saturated carbocycles. The van der Waals surface area contributed by atoms with E-state index in [9.17, 15) is 0 Å². The molecule has 52 heavy (non-hydrogen) atoms. The first-order valence-corrected chi connectivity index (χ1v) is 29.0. The van der Waals surface area contributed by atoms with Crippen molar-refractivity contribution >= 4 is 23.9 Å². The zero-order chi connectivity index (χ0) is 39.1. The van der Waals surface area contributed by atoms with Gasteiger partial charge in [-0.05, 0) is 86.6 Å². The summed E-state index contributed by atoms with van der Waals surface area (Å²) in [5.41, 5.74) is 1.17. The average Bonchev–Trinajstić information content (AvgIpc) is 3.03. The van der Waals surface area contributed by atoms with Crippen LogP contribution < -0.4 is 21.7 Å². The lowest BCUT2D eigenvalue weighted by atomic mass is 9.86. The van der Waals surface area contributed by atoms with E-state index >= 15 is 0 Å². The van der Waals surface area contributed by atoms with Crippen molar-refractivity contribution in [1.82, 2.24) is 0 Å². The van der Waals surface area contributed by atoms with Crippen LogP contribution in [0.4, 0.5) is 0 Å². The van der Waals surface area contributed by atoms with E-state index in [1.807, 2.05) is 12.1 Å². The van der Waals surface area contributed by atoms with Crippen molar-refractivity contribution in [1.29, 1.82) is 0 Å². The van der Waals surface area contributed by atoms with Gasteiger partial charge >= 0.3 is 0 Å². The maximum absolute atomic E-state index is 7.40. The number of unbranched alkanes of at least 4 members (excludes halogenated alkanes) is 3. The van der Waals surface area contributed by atoms with Crippen molar-refractivity contribution in [3.8, 4) is 5.75 Å². The van der Waals surface area contributed by atoms with Crippen LogP contribution in [0.2, 0.25) is 36.3 Å². The van der Waals surface area contributed by atoms with Crippen molar-refractivity contribution in [2.75, 3.05) is 31.8 Å². The lowest BCUT2D eigenvalue weighted by molar-refractivity contribution is -0.0601. The fourth-order valence-electron chi connectivity index (χ4n) is 6.59. The molecule has 4 nitrogen and oxygen atoms in total. The van der Waals surface area contributed by atoms with Crippen LogP contribution in [0.25, 0.3) is 0 Å². The smallest absolute Gasteiger partial charge is 0.192 e. The topological polar surface area (TPSA) is 36.9 Å². The number of ether oxygens (including phenoxy) is 2. The molecule has 0 spiro atoms. The van der Waals surface area contributed by atoms with Gasteiger partial charge < -0.3 is 35.3 Å². The fourth-order valence-corrected chi connectivity index (χ4v) is 14.2. The third-order valence-electron chi connectivity index (χ3n) is 12.2. The Kier molecular flexibility index (Phi) is 23.9. The maximum atomic E-state index is 7.40. The Morgan fingerprint density at radius 2 is 1.19 bits per heavy atom. The predicted octanol–water partition coefficient (Wildman–Crippen LogP) is 11.0. The second-order valence-electron chi connectivity index (χ2n) is 18.9. The van der Waals surface area contributed by atoms with E-state index < -0.39 is 23.9 Å². The molecule has 0 amide bonds. The summed E-state index contributed by atoms with van der Waals surface area (Å²) in [7, 11) is -3.32. The standard InChI is InChI=1S/C44H86O4PSi2.BrH/c1-18-21-30-49(31-22-19-2,32-23-20-3)33-24-25-36(4)42(46-35-39-26-28-40(45-13)29-27-39)38(6)41(48-51(16,17)44(10,11)12)34-37(5)47-50(14,15)43(7,8)9;/h24-29,36-38,41-42H,18-23,30-35H2,1-17H3;1H/q+1;/p-1/b25-24-;/t36-,37+,38-,41-,42-;/m0./s1. The minimum absolute atomic E-state index is 0. The van der Waals surface area contributed by atoms with Gasteiger partial charge in [-0.1, -0.05) is 120 Å². The van der Waals surface area contributed by atoms with Crippen LogP contribution in [-0.4, -0.2) is 66.7 Å². The van der Waals surface area contributed by atoms with E-state index in [0.29, 0.717) is 6.61 Å². The van der Waals surface area contributed by atoms with E-state index in [1.165, 1.54) is 68.7 Å². The molecule has 8 heteroatoms. The van der Waals surface area contributed by atoms with Gasteiger partial charge in [0.05, 0.1) is 50.6 Å². The second-order valence-corrected chi connectivity index (χ2v) is 32.8. The van der Waals surface area contributed by atoms with E-state index in [0.717, 1.165) is 12.2 Å². The highest BCUT2D eigenvalue weighted by Crippen LogP contribution is 2.61. The zero-order valence-corrected chi connectivity index (χ0v) is 41.8. The van der Waals surface area contributed by atoms with Gasteiger partial charge in [0.2, 0.25) is 0 Å². The minimum Gasteiger partial charge on any atom is -1.00 e. The third kappa shape index (κ3) is 17.4. The number of hydrogen-bond donors (Lipinski definition) is 0. The highest BCUT2D eigenvalue weighted by Gasteiger charge is 2.44. The summed E-state index contributed by atoms with van der Waals surface area (Å²) in [4.78, 5) is 0. The summed E-state index contributed by atoms with van der Waals surface area (Å²) < 4.78 is 26.9. The second kappa shape index (κ2) is 23.9. The molecular weight excluding hydrogens is 760 g/mol. The number of halogens is 1. The lowest BCUT2D eigenvalue weighted by Crippen LogP contribution is -3.00. The van der Waals surface area contributed by atoms with Crippen LogP contribution in [0.3, 0.4) is 0 Å². The molecule has 0 aliphatic carbocycles. The van der Waals surface area contributed by atoms with Crippen LogP contribution >= 0.6 is 7.26 Å². The lowest BCUT2D eigenvalue weighted by Gasteiger charge is -2.45. The summed E-state index contributed by atoms with van der Waals surface area (Å²) >= 11 is 0. The molecule has 0 fully saturated rings. The van der Waals surface area contributed by atoms with E-state index in [1.54, 1.807) is 7.11 Å². The molecule has 0 N–H and O–H groups in total. The number of rotatable bonds is 25. The Hall–Kier alpha value is -0.0162. The summed E-state index contributed by atoms with van der Waals surface area (Å²) in [5, 5.41) is 0.275. The molecule has 1 aromatic carbocycles. The fraction of sp³-hybridized carbons (Fsp3) is 0.818. The summed E-state index contributed by atoms with van der Waals surface area (Å²) in [5.74, 6) is 1.31. The molecule has 1 rings (SSSR count). The summed E-state index contributed by atoms with van der Waals surface area (Å²) in [6.07, 6.45) is 19.8. The van der Waals surface area contributed by atoms with Gasteiger partial charge in [0.1, 0.15) is 5.75 Å². The highest BCUT2D eigenvalue weighted by molar-refractivity contribution is 7.76. The van der Waals surface area contributed by atoms with Gasteiger partial charge in [-0.15, -0.1) is 0 Å². The third-order valence-corrected chi connectivity index (χ3v) is 26.1. The minimum atomic E-state index is -2.09. The largest absolute Gasteiger partial charge is 1.00 e. The van der Waals surface area contributed by atoms with Gasteiger partial charge in [-0.25, -0.2) is 0 Å². The van der Waals surface area contributed by atoms with Crippen molar-refractivity contribution in [3.05, 3.63) is 42.0 Å². The molecule has 1 aromatic rings. The molecule has 0 bridgehead atoms. The van der Waals surface area contributed by atoms with Gasteiger partial charge in [0.25, 0.3) is 0 Å². The molecular formula is C44H86BrO4PSi2. The number of benzene rings is 1. The SMILES string of the molecule is CCCC[P+](C/C=C\[C@H](C)[C@H](OCc1ccc(OC)cc1)[C@@H](C)[C@H](C[C@@H](C)O[Si](C)(C)C(C)(C)C)O[Si](C)(C)C(C)(C)C)(CCCC)CCCC.[Br-]. The van der Waals surface area contributed by atoms with Crippen molar-refractivity contribution in [3.63, 3.8) is 0 Å². The Morgan fingerprint density at radius 1 is 0.731 bits per heavy atom. The first kappa shape index (κ1) is 52.0. The zero-order valence-electron chi connectivity index (χ0n) is 37.3. The Bertz CT molecular complexity index is 1090. The average molecular weight is 846 g/mol. The molecule has 0 radical (unpaired) electrons. The Balaban J connectivity index is 0.0000260.